The molecule has 70 heavy (non-hydrogen) atoms. The molecule has 0 spiro atoms. The Hall–Kier alpha value is -8.36. The predicted octanol–water partition coefficient (Wildman–Crippen LogP) is 6.72. The first-order chi connectivity index (χ1) is 33.9. The third-order valence-corrected chi connectivity index (χ3v) is 10.0. The Balaban J connectivity index is 0.876. The molecule has 20 heteroatoms. The van der Waals surface area contributed by atoms with E-state index in [1.807, 2.05) is 0 Å². The third-order valence-electron chi connectivity index (χ3n) is 10.0. The van der Waals surface area contributed by atoms with Gasteiger partial charge in [-0.25, -0.2) is 38.4 Å². The first-order valence-electron chi connectivity index (χ1n) is 21.7. The Bertz CT molecular complexity index is 2320. The molecular weight excluding hydrogens is 921 g/mol. The minimum absolute atomic E-state index is 0.0198. The molecule has 366 valence electrons. The second-order valence-electron chi connectivity index (χ2n) is 14.9. The topological polar surface area (TPSA) is 247 Å². The molecule has 4 atom stereocenters. The van der Waals surface area contributed by atoms with Crippen LogP contribution in [0.1, 0.15) is 67.1 Å². The summed E-state index contributed by atoms with van der Waals surface area (Å²) in [7, 11) is 0. The molecule has 0 aliphatic carbocycles. The molecule has 4 aromatic rings. The molecule has 20 nitrogen and oxygen atoms in total. The first-order valence-corrected chi connectivity index (χ1v) is 21.7. The van der Waals surface area contributed by atoms with Crippen molar-refractivity contribution in [2.75, 3.05) is 39.6 Å². The summed E-state index contributed by atoms with van der Waals surface area (Å²) in [6.45, 7) is 6.98. The van der Waals surface area contributed by atoms with Crippen LogP contribution in [0.2, 0.25) is 0 Å². The van der Waals surface area contributed by atoms with Crippen molar-refractivity contribution in [1.82, 2.24) is 0 Å². The van der Waals surface area contributed by atoms with Gasteiger partial charge >= 0.3 is 48.1 Å². The molecule has 2 aliphatic heterocycles. The Labute approximate surface area is 399 Å². The smallest absolute Gasteiger partial charge is 0.463 e. The van der Waals surface area contributed by atoms with Crippen LogP contribution in [0.15, 0.2) is 122 Å². The fraction of sp³-hybridized carbons (Fsp3) is 0.280. The van der Waals surface area contributed by atoms with Crippen LogP contribution in [0.4, 0.5) is 9.59 Å². The number of fused-ring (bicyclic) bond motifs is 1. The molecule has 1 unspecified atom stereocenters. The second kappa shape index (κ2) is 25.7. The summed E-state index contributed by atoms with van der Waals surface area (Å²) >= 11 is 0. The summed E-state index contributed by atoms with van der Waals surface area (Å²) in [4.78, 5) is 97.6. The minimum atomic E-state index is -0.945. The molecule has 4 aromatic carbocycles. The highest BCUT2D eigenvalue weighted by Gasteiger charge is 2.51. The highest BCUT2D eigenvalue weighted by Crippen LogP contribution is 2.32. The number of benzene rings is 4. The molecule has 0 radical (unpaired) electrons. The average molecular weight is 967 g/mol. The van der Waals surface area contributed by atoms with Gasteiger partial charge in [0.1, 0.15) is 35.2 Å². The van der Waals surface area contributed by atoms with Crippen LogP contribution in [0, 0.1) is 0 Å². The maximum absolute atomic E-state index is 13.1. The highest BCUT2D eigenvalue weighted by atomic mass is 16.7. The van der Waals surface area contributed by atoms with E-state index in [2.05, 4.69) is 13.2 Å². The van der Waals surface area contributed by atoms with Gasteiger partial charge in [-0.05, 0) is 123 Å². The molecule has 2 heterocycles. The monoisotopic (exact) mass is 966 g/mol. The van der Waals surface area contributed by atoms with Crippen LogP contribution >= 0.6 is 0 Å². The Morgan fingerprint density at radius 3 is 1.01 bits per heavy atom. The van der Waals surface area contributed by atoms with Crippen LogP contribution in [0.3, 0.4) is 0 Å². The number of ether oxygens (including phenoxy) is 12. The maximum atomic E-state index is 13.1. The number of carbonyl (C=O) groups excluding carboxylic acids is 8. The van der Waals surface area contributed by atoms with Crippen molar-refractivity contribution in [2.24, 2.45) is 0 Å². The van der Waals surface area contributed by atoms with Crippen molar-refractivity contribution >= 4 is 48.1 Å². The zero-order chi connectivity index (χ0) is 49.8. The lowest BCUT2D eigenvalue weighted by atomic mass is 10.1. The highest BCUT2D eigenvalue weighted by molar-refractivity contribution is 5.93. The lowest BCUT2D eigenvalue weighted by molar-refractivity contribution is -0.138. The maximum Gasteiger partial charge on any atom is 0.513 e. The lowest BCUT2D eigenvalue weighted by Gasteiger charge is -2.17. The van der Waals surface area contributed by atoms with E-state index in [1.54, 1.807) is 0 Å². The fourth-order valence-corrected chi connectivity index (χ4v) is 6.44. The number of esters is 6. The van der Waals surface area contributed by atoms with Gasteiger partial charge in [-0.1, -0.05) is 13.2 Å². The number of carbonyl (C=O) groups is 8. The summed E-state index contributed by atoms with van der Waals surface area (Å²) in [6.07, 6.45) is -0.999. The first kappa shape index (κ1) is 51.0. The van der Waals surface area contributed by atoms with E-state index in [0.717, 1.165) is 12.2 Å². The van der Waals surface area contributed by atoms with Gasteiger partial charge in [-0.3, -0.25) is 0 Å². The van der Waals surface area contributed by atoms with Crippen molar-refractivity contribution in [2.45, 2.75) is 50.1 Å². The van der Waals surface area contributed by atoms with E-state index in [1.165, 1.54) is 97.1 Å². The van der Waals surface area contributed by atoms with Gasteiger partial charge in [0.2, 0.25) is 0 Å². The molecule has 2 aliphatic rings. The normalized spacial score (nSPS) is 16.5. The van der Waals surface area contributed by atoms with Gasteiger partial charge < -0.3 is 56.8 Å². The van der Waals surface area contributed by atoms with Gasteiger partial charge in [-0.15, -0.1) is 0 Å². The van der Waals surface area contributed by atoms with E-state index in [0.29, 0.717) is 25.7 Å². The van der Waals surface area contributed by atoms with Crippen LogP contribution in [-0.2, 0) is 47.5 Å². The number of rotatable bonds is 22. The zero-order valence-corrected chi connectivity index (χ0v) is 37.4. The lowest BCUT2D eigenvalue weighted by Crippen LogP contribution is -2.36. The summed E-state index contributed by atoms with van der Waals surface area (Å²) in [6, 6.07) is 22.4. The van der Waals surface area contributed by atoms with E-state index in [4.69, 9.17) is 56.8 Å². The summed E-state index contributed by atoms with van der Waals surface area (Å²) in [5, 5.41) is 0. The summed E-state index contributed by atoms with van der Waals surface area (Å²) < 4.78 is 63.7. The standard InChI is InChI=1S/C50H46O20/c1-3-41(51)59-25-5-7-27-61-49(57)67-37-21-13-31(14-22-37)45(53)65-35-17-9-33(10-18-35)47(55)69-39-29-63-44-40(30-64-43(39)44)70-48(56)34-11-19-36(20-12-34)66-46(54)32-15-23-38(24-16-32)68-50(58)62-28-8-6-26-60-42(52)4-2/h3-4,9-24,39-40,43-44H,1-2,5-8,25-30H2/t39-,40+,43-,44?/m0/s1. The predicted molar refractivity (Wildman–Crippen MR) is 238 cm³/mol. The molecule has 2 saturated heterocycles. The van der Waals surface area contributed by atoms with Crippen molar-refractivity contribution < 1.29 is 95.2 Å². The summed E-state index contributed by atoms with van der Waals surface area (Å²) in [5.74, 6) is -3.35. The average Bonchev–Trinajstić information content (AvgIpc) is 3.96. The third kappa shape index (κ3) is 15.3. The van der Waals surface area contributed by atoms with E-state index >= 15 is 0 Å². The van der Waals surface area contributed by atoms with Crippen molar-refractivity contribution in [3.05, 3.63) is 145 Å². The Morgan fingerprint density at radius 1 is 0.414 bits per heavy atom. The second-order valence-corrected chi connectivity index (χ2v) is 14.9. The zero-order valence-electron chi connectivity index (χ0n) is 37.4. The van der Waals surface area contributed by atoms with Crippen LogP contribution in [0.5, 0.6) is 23.0 Å². The van der Waals surface area contributed by atoms with Gasteiger partial charge in [0, 0.05) is 12.2 Å². The molecular formula is C50H46O20. The molecule has 0 amide bonds. The van der Waals surface area contributed by atoms with Gasteiger partial charge in [-0.2, -0.15) is 0 Å². The quantitative estimate of drug-likeness (QED) is 0.0198. The van der Waals surface area contributed by atoms with E-state index in [-0.39, 0.29) is 84.9 Å². The van der Waals surface area contributed by atoms with Crippen LogP contribution in [-0.4, -0.2) is 112 Å². The summed E-state index contributed by atoms with van der Waals surface area (Å²) in [5.41, 5.74) is 0.613. The molecule has 0 saturated carbocycles. The number of hydrogen-bond acceptors (Lipinski definition) is 20. The van der Waals surface area contributed by atoms with Crippen molar-refractivity contribution in [3.63, 3.8) is 0 Å². The Morgan fingerprint density at radius 2 is 0.700 bits per heavy atom. The van der Waals surface area contributed by atoms with Gasteiger partial charge in [0.25, 0.3) is 0 Å². The number of hydrogen-bond donors (Lipinski definition) is 0. The van der Waals surface area contributed by atoms with Gasteiger partial charge in [0.05, 0.1) is 61.9 Å². The molecule has 2 fully saturated rings. The van der Waals surface area contributed by atoms with E-state index in [9.17, 15) is 38.4 Å². The fourth-order valence-electron chi connectivity index (χ4n) is 6.44. The van der Waals surface area contributed by atoms with Crippen LogP contribution in [0.25, 0.3) is 0 Å². The molecule has 0 bridgehead atoms. The van der Waals surface area contributed by atoms with Crippen molar-refractivity contribution in [3.8, 4) is 23.0 Å². The molecule has 0 N–H and O–H groups in total. The number of unbranched alkanes of at least 4 members (excludes halogenated alkanes) is 2. The molecule has 6 rings (SSSR count). The van der Waals surface area contributed by atoms with Crippen molar-refractivity contribution in [1.29, 1.82) is 0 Å². The minimum Gasteiger partial charge on any atom is -0.463 e. The largest absolute Gasteiger partial charge is 0.513 e. The van der Waals surface area contributed by atoms with E-state index < -0.39 is 72.5 Å². The van der Waals surface area contributed by atoms with Gasteiger partial charge in [0.15, 0.2) is 12.2 Å². The Kier molecular flexibility index (Phi) is 18.7. The SMILES string of the molecule is C=CC(=O)OCCCCOC(=O)Oc1ccc(C(=O)Oc2ccc(C(=O)O[C@H]3COC4[C@H]3OC[C@H]4OC(=O)c3ccc(OC(=O)c4ccc(OC(=O)OCCCCOC(=O)C=C)cc4)cc3)cc2)cc1. The molecule has 0 aromatic heterocycles. The van der Waals surface area contributed by atoms with Crippen LogP contribution < -0.4 is 18.9 Å².